The maximum atomic E-state index is 11.9. The summed E-state index contributed by atoms with van der Waals surface area (Å²) >= 11 is 0. The van der Waals surface area contributed by atoms with Gasteiger partial charge in [-0.1, -0.05) is 12.1 Å². The van der Waals surface area contributed by atoms with Crippen LogP contribution in [0.1, 0.15) is 13.3 Å². The van der Waals surface area contributed by atoms with E-state index in [0.29, 0.717) is 25.6 Å². The second kappa shape index (κ2) is 10.2. The summed E-state index contributed by atoms with van der Waals surface area (Å²) in [6.07, 6.45) is 0.913. The van der Waals surface area contributed by atoms with E-state index in [0.717, 1.165) is 56.5 Å². The number of guanidine groups is 1. The van der Waals surface area contributed by atoms with Gasteiger partial charge in [-0.3, -0.25) is 4.99 Å². The molecule has 1 aromatic rings. The Morgan fingerprint density at radius 2 is 1.90 bits per heavy atom. The van der Waals surface area contributed by atoms with Crippen molar-refractivity contribution in [1.82, 2.24) is 15.1 Å². The number of carbonyl (C=O) groups is 1. The molecule has 1 N–H and O–H groups in total. The van der Waals surface area contributed by atoms with E-state index < -0.39 is 0 Å². The van der Waals surface area contributed by atoms with Gasteiger partial charge in [-0.15, -0.1) is 0 Å². The highest BCUT2D eigenvalue weighted by atomic mass is 16.6. The highest BCUT2D eigenvalue weighted by Crippen LogP contribution is 2.31. The Labute approximate surface area is 173 Å². The van der Waals surface area contributed by atoms with Gasteiger partial charge >= 0.3 is 6.09 Å². The number of amides is 1. The number of rotatable bonds is 5. The molecule has 0 bridgehead atoms. The molecule has 1 unspecified atom stereocenters. The van der Waals surface area contributed by atoms with Gasteiger partial charge in [-0.25, -0.2) is 4.79 Å². The number of methoxy groups -OCH3 is 1. The molecule has 1 aromatic carbocycles. The van der Waals surface area contributed by atoms with Gasteiger partial charge in [0.1, 0.15) is 5.75 Å². The summed E-state index contributed by atoms with van der Waals surface area (Å²) in [6.45, 7) is 8.00. The predicted octanol–water partition coefficient (Wildman–Crippen LogP) is 1.87. The van der Waals surface area contributed by atoms with Crippen LogP contribution in [0.2, 0.25) is 0 Å². The molecule has 0 aliphatic carbocycles. The fourth-order valence-corrected chi connectivity index (χ4v) is 3.99. The van der Waals surface area contributed by atoms with Crippen LogP contribution in [0.4, 0.5) is 10.5 Å². The molecule has 2 heterocycles. The van der Waals surface area contributed by atoms with Gasteiger partial charge in [-0.2, -0.15) is 0 Å². The SMILES string of the molecule is CCOC(=O)N1CCN(C(=NC)NCC2CCN(c3ccccc3OC)C2)CC1. The lowest BCUT2D eigenvalue weighted by Crippen LogP contribution is -2.54. The molecular weight excluding hydrogens is 370 g/mol. The molecule has 0 saturated carbocycles. The molecule has 1 amide bonds. The third-order valence-electron chi connectivity index (χ3n) is 5.58. The molecule has 8 heteroatoms. The van der Waals surface area contributed by atoms with Gasteiger partial charge < -0.3 is 29.5 Å². The van der Waals surface area contributed by atoms with Crippen LogP contribution >= 0.6 is 0 Å². The van der Waals surface area contributed by atoms with Crippen LogP contribution in [0.15, 0.2) is 29.3 Å². The van der Waals surface area contributed by atoms with Crippen molar-refractivity contribution < 1.29 is 14.3 Å². The molecule has 2 fully saturated rings. The Bertz CT molecular complexity index is 703. The first-order valence-corrected chi connectivity index (χ1v) is 10.4. The minimum absolute atomic E-state index is 0.225. The van der Waals surface area contributed by atoms with Gasteiger partial charge in [0.05, 0.1) is 19.4 Å². The Morgan fingerprint density at radius 1 is 1.17 bits per heavy atom. The molecule has 2 aliphatic rings. The number of nitrogens with one attached hydrogen (secondary N) is 1. The van der Waals surface area contributed by atoms with Gasteiger partial charge in [0.15, 0.2) is 5.96 Å². The van der Waals surface area contributed by atoms with Gasteiger partial charge in [0.2, 0.25) is 0 Å². The summed E-state index contributed by atoms with van der Waals surface area (Å²) in [7, 11) is 3.54. The van der Waals surface area contributed by atoms with E-state index in [1.807, 2.05) is 26.1 Å². The maximum Gasteiger partial charge on any atom is 0.409 e. The Morgan fingerprint density at radius 3 is 2.59 bits per heavy atom. The highest BCUT2D eigenvalue weighted by molar-refractivity contribution is 5.80. The van der Waals surface area contributed by atoms with Crippen molar-refractivity contribution in [2.24, 2.45) is 10.9 Å². The molecule has 0 spiro atoms. The third-order valence-corrected chi connectivity index (χ3v) is 5.58. The smallest absolute Gasteiger partial charge is 0.409 e. The summed E-state index contributed by atoms with van der Waals surface area (Å²) < 4.78 is 10.6. The summed E-state index contributed by atoms with van der Waals surface area (Å²) in [4.78, 5) is 22.7. The zero-order valence-electron chi connectivity index (χ0n) is 17.8. The van der Waals surface area contributed by atoms with E-state index in [-0.39, 0.29) is 6.09 Å². The molecule has 8 nitrogen and oxygen atoms in total. The lowest BCUT2D eigenvalue weighted by molar-refractivity contribution is 0.0914. The quantitative estimate of drug-likeness (QED) is 0.598. The molecule has 29 heavy (non-hydrogen) atoms. The average molecular weight is 404 g/mol. The number of ether oxygens (including phenoxy) is 2. The highest BCUT2D eigenvalue weighted by Gasteiger charge is 2.27. The van der Waals surface area contributed by atoms with Gasteiger partial charge in [0, 0.05) is 52.9 Å². The number of nitrogens with zero attached hydrogens (tertiary/aromatic N) is 4. The number of anilines is 1. The lowest BCUT2D eigenvalue weighted by atomic mass is 10.1. The number of piperazine rings is 1. The number of carbonyl (C=O) groups excluding carboxylic acids is 1. The number of benzene rings is 1. The zero-order valence-corrected chi connectivity index (χ0v) is 17.8. The number of aliphatic imine (C=N–C) groups is 1. The Kier molecular flexibility index (Phi) is 7.43. The molecule has 3 rings (SSSR count). The number of hydrogen-bond acceptors (Lipinski definition) is 5. The largest absolute Gasteiger partial charge is 0.495 e. The van der Waals surface area contributed by atoms with Crippen molar-refractivity contribution in [1.29, 1.82) is 0 Å². The maximum absolute atomic E-state index is 11.9. The summed E-state index contributed by atoms with van der Waals surface area (Å²) in [5.41, 5.74) is 1.16. The Balaban J connectivity index is 1.47. The lowest BCUT2D eigenvalue weighted by Gasteiger charge is -2.36. The summed E-state index contributed by atoms with van der Waals surface area (Å²) in [5.74, 6) is 2.39. The Hall–Kier alpha value is -2.64. The van der Waals surface area contributed by atoms with E-state index in [2.05, 4.69) is 32.2 Å². The molecular formula is C21H33N5O3. The van der Waals surface area contributed by atoms with Crippen LogP contribution in [-0.2, 0) is 4.74 Å². The first kappa shape index (κ1) is 21.1. The summed E-state index contributed by atoms with van der Waals surface area (Å²) in [6, 6.07) is 8.19. The van der Waals surface area contributed by atoms with Crippen LogP contribution in [-0.4, -0.2) is 88.4 Å². The zero-order chi connectivity index (χ0) is 20.6. The van der Waals surface area contributed by atoms with Crippen molar-refractivity contribution in [2.75, 3.05) is 71.5 Å². The molecule has 160 valence electrons. The predicted molar refractivity (Wildman–Crippen MR) is 115 cm³/mol. The normalized spacial score (nSPS) is 20.0. The third kappa shape index (κ3) is 5.25. The van der Waals surface area contributed by atoms with Gasteiger partial charge in [-0.05, 0) is 31.4 Å². The number of hydrogen-bond donors (Lipinski definition) is 1. The topological polar surface area (TPSA) is 69.6 Å². The fourth-order valence-electron chi connectivity index (χ4n) is 3.99. The van der Waals surface area contributed by atoms with Crippen molar-refractivity contribution in [2.45, 2.75) is 13.3 Å². The minimum Gasteiger partial charge on any atom is -0.495 e. The standard InChI is InChI=1S/C21H33N5O3/c1-4-29-21(27)25-13-11-24(12-14-25)20(22-2)23-15-17-9-10-26(16-17)18-7-5-6-8-19(18)28-3/h5-8,17H,4,9-16H2,1-3H3,(H,22,23). The van der Waals surface area contributed by atoms with Crippen molar-refractivity contribution in [3.8, 4) is 5.75 Å². The molecule has 2 saturated heterocycles. The van der Waals surface area contributed by atoms with E-state index >= 15 is 0 Å². The molecule has 1 atom stereocenters. The van der Waals surface area contributed by atoms with Crippen LogP contribution in [0.25, 0.3) is 0 Å². The second-order valence-corrected chi connectivity index (χ2v) is 7.37. The minimum atomic E-state index is -0.225. The van der Waals surface area contributed by atoms with E-state index in [1.165, 1.54) is 0 Å². The van der Waals surface area contributed by atoms with Crippen molar-refractivity contribution in [3.63, 3.8) is 0 Å². The van der Waals surface area contributed by atoms with E-state index in [9.17, 15) is 4.79 Å². The first-order valence-electron chi connectivity index (χ1n) is 10.4. The van der Waals surface area contributed by atoms with Crippen LogP contribution in [0.5, 0.6) is 5.75 Å². The van der Waals surface area contributed by atoms with Crippen LogP contribution < -0.4 is 15.0 Å². The molecule has 2 aliphatic heterocycles. The van der Waals surface area contributed by atoms with Crippen molar-refractivity contribution in [3.05, 3.63) is 24.3 Å². The van der Waals surface area contributed by atoms with Crippen LogP contribution in [0.3, 0.4) is 0 Å². The number of para-hydroxylation sites is 2. The van der Waals surface area contributed by atoms with E-state index in [4.69, 9.17) is 9.47 Å². The van der Waals surface area contributed by atoms with Gasteiger partial charge in [0.25, 0.3) is 0 Å². The fraction of sp³-hybridized carbons (Fsp3) is 0.619. The van der Waals surface area contributed by atoms with Crippen molar-refractivity contribution >= 4 is 17.7 Å². The molecule has 0 aromatic heterocycles. The van der Waals surface area contributed by atoms with E-state index in [1.54, 1.807) is 12.0 Å². The molecule has 0 radical (unpaired) electrons. The average Bonchev–Trinajstić information content (AvgIpc) is 3.23. The first-order chi connectivity index (χ1) is 14.2. The second-order valence-electron chi connectivity index (χ2n) is 7.37. The van der Waals surface area contributed by atoms with Crippen LogP contribution in [0, 0.1) is 5.92 Å². The summed E-state index contributed by atoms with van der Waals surface area (Å²) in [5, 5.41) is 3.53. The monoisotopic (exact) mass is 403 g/mol.